The van der Waals surface area contributed by atoms with E-state index < -0.39 is 0 Å². The van der Waals surface area contributed by atoms with Crippen molar-refractivity contribution < 1.29 is 4.74 Å². The molecular formula is C20H22N2O. The molecule has 3 heteroatoms. The van der Waals surface area contributed by atoms with Crippen molar-refractivity contribution in [3.8, 4) is 5.75 Å². The Kier molecular flexibility index (Phi) is 3.80. The van der Waals surface area contributed by atoms with Gasteiger partial charge in [-0.1, -0.05) is 30.3 Å². The first-order chi connectivity index (χ1) is 11.3. The zero-order valence-electron chi connectivity index (χ0n) is 13.5. The highest BCUT2D eigenvalue weighted by Crippen LogP contribution is 2.28. The normalized spacial score (nSPS) is 14.8. The van der Waals surface area contributed by atoms with Crippen molar-refractivity contribution in [1.82, 2.24) is 9.88 Å². The zero-order chi connectivity index (χ0) is 15.6. The molecule has 0 atom stereocenters. The summed E-state index contributed by atoms with van der Waals surface area (Å²) >= 11 is 0. The highest BCUT2D eigenvalue weighted by atomic mass is 16.5. The Morgan fingerprint density at radius 2 is 2.04 bits per heavy atom. The maximum atomic E-state index is 6.13. The Morgan fingerprint density at radius 3 is 3.00 bits per heavy atom. The summed E-state index contributed by atoms with van der Waals surface area (Å²) in [5, 5.41) is 1.30. The molecule has 2 aromatic carbocycles. The molecule has 0 spiro atoms. The molecule has 1 aromatic heterocycles. The van der Waals surface area contributed by atoms with E-state index in [0.29, 0.717) is 6.61 Å². The summed E-state index contributed by atoms with van der Waals surface area (Å²) in [4.78, 5) is 5.69. The summed E-state index contributed by atoms with van der Waals surface area (Å²) in [6.45, 7) is 2.83. The van der Waals surface area contributed by atoms with Crippen LogP contribution in [0.15, 0.2) is 48.7 Å². The van der Waals surface area contributed by atoms with E-state index in [-0.39, 0.29) is 0 Å². The molecule has 0 unspecified atom stereocenters. The van der Waals surface area contributed by atoms with Crippen LogP contribution in [0.4, 0.5) is 0 Å². The molecule has 1 N–H and O–H groups in total. The van der Waals surface area contributed by atoms with Crippen molar-refractivity contribution in [3.63, 3.8) is 0 Å². The van der Waals surface area contributed by atoms with Crippen molar-refractivity contribution >= 4 is 10.9 Å². The lowest BCUT2D eigenvalue weighted by Crippen LogP contribution is -2.27. The molecule has 3 aromatic rings. The number of rotatable bonds is 4. The van der Waals surface area contributed by atoms with E-state index in [1.165, 1.54) is 27.6 Å². The molecule has 1 aliphatic rings. The number of hydrogen-bond donors (Lipinski definition) is 1. The summed E-state index contributed by atoms with van der Waals surface area (Å²) in [5.74, 6) is 1.05. The second-order valence-electron chi connectivity index (χ2n) is 6.34. The molecule has 23 heavy (non-hydrogen) atoms. The van der Waals surface area contributed by atoms with Crippen molar-refractivity contribution in [2.45, 2.75) is 19.4 Å². The van der Waals surface area contributed by atoms with Crippen molar-refractivity contribution in [2.75, 3.05) is 20.2 Å². The SMILES string of the molecule is CN1CCc2cccc(OCCc3c[nH]c4ccccc34)c2C1. The minimum atomic E-state index is 0.710. The standard InChI is InChI=1S/C20H22N2O/c1-22-11-9-15-5-4-8-20(18(15)14-22)23-12-10-16-13-21-19-7-3-2-6-17(16)19/h2-8,13,21H,9-12,14H2,1H3. The van der Waals surface area contributed by atoms with Gasteiger partial charge in [-0.3, -0.25) is 0 Å². The first kappa shape index (κ1) is 14.3. The molecule has 0 saturated carbocycles. The number of fused-ring (bicyclic) bond motifs is 2. The number of nitrogens with one attached hydrogen (secondary N) is 1. The van der Waals surface area contributed by atoms with Crippen molar-refractivity contribution in [3.05, 3.63) is 65.4 Å². The van der Waals surface area contributed by atoms with Gasteiger partial charge in [0.1, 0.15) is 5.75 Å². The van der Waals surface area contributed by atoms with Crippen molar-refractivity contribution in [1.29, 1.82) is 0 Å². The van der Waals surface area contributed by atoms with Gasteiger partial charge in [-0.2, -0.15) is 0 Å². The van der Waals surface area contributed by atoms with E-state index in [1.807, 2.05) is 0 Å². The fourth-order valence-corrected chi connectivity index (χ4v) is 3.43. The summed E-state index contributed by atoms with van der Waals surface area (Å²) in [6, 6.07) is 14.9. The maximum absolute atomic E-state index is 6.13. The molecule has 3 nitrogen and oxygen atoms in total. The minimum Gasteiger partial charge on any atom is -0.493 e. The molecule has 0 saturated heterocycles. The number of nitrogens with zero attached hydrogens (tertiary/aromatic N) is 1. The molecule has 1 aliphatic heterocycles. The van der Waals surface area contributed by atoms with E-state index in [1.54, 1.807) is 0 Å². The Morgan fingerprint density at radius 1 is 1.13 bits per heavy atom. The van der Waals surface area contributed by atoms with Crippen LogP contribution in [-0.2, 0) is 19.4 Å². The average molecular weight is 306 g/mol. The fourth-order valence-electron chi connectivity index (χ4n) is 3.43. The van der Waals surface area contributed by atoms with Crippen LogP contribution in [-0.4, -0.2) is 30.1 Å². The third kappa shape index (κ3) is 2.84. The maximum Gasteiger partial charge on any atom is 0.124 e. The Labute approximate surface area is 136 Å². The molecular weight excluding hydrogens is 284 g/mol. The summed E-state index contributed by atoms with van der Waals surface area (Å²) in [5.41, 5.74) is 5.32. The summed E-state index contributed by atoms with van der Waals surface area (Å²) < 4.78 is 6.13. The summed E-state index contributed by atoms with van der Waals surface area (Å²) in [7, 11) is 2.17. The first-order valence-electron chi connectivity index (χ1n) is 8.28. The average Bonchev–Trinajstić information content (AvgIpc) is 2.99. The number of benzene rings is 2. The number of para-hydroxylation sites is 1. The van der Waals surface area contributed by atoms with Crippen LogP contribution in [0.2, 0.25) is 0 Å². The van der Waals surface area contributed by atoms with E-state index in [4.69, 9.17) is 4.74 Å². The zero-order valence-corrected chi connectivity index (χ0v) is 13.5. The van der Waals surface area contributed by atoms with E-state index in [9.17, 15) is 0 Å². The highest BCUT2D eigenvalue weighted by Gasteiger charge is 2.17. The van der Waals surface area contributed by atoms with Crippen LogP contribution in [0.1, 0.15) is 16.7 Å². The second-order valence-corrected chi connectivity index (χ2v) is 6.34. The Hall–Kier alpha value is -2.26. The number of likely N-dealkylation sites (N-methyl/N-ethyl adjacent to an activating group) is 1. The molecule has 4 rings (SSSR count). The van der Waals surface area contributed by atoms with Gasteiger partial charge in [0, 0.05) is 42.2 Å². The molecule has 118 valence electrons. The quantitative estimate of drug-likeness (QED) is 0.794. The summed E-state index contributed by atoms with van der Waals surface area (Å²) in [6.07, 6.45) is 4.14. The number of H-pyrrole nitrogens is 1. The minimum absolute atomic E-state index is 0.710. The molecule has 0 radical (unpaired) electrons. The predicted octanol–water partition coefficient (Wildman–Crippen LogP) is 3.78. The second kappa shape index (κ2) is 6.09. The molecule has 0 aliphatic carbocycles. The predicted molar refractivity (Wildman–Crippen MR) is 94.0 cm³/mol. The van der Waals surface area contributed by atoms with Gasteiger partial charge in [0.25, 0.3) is 0 Å². The van der Waals surface area contributed by atoms with Gasteiger partial charge < -0.3 is 14.6 Å². The van der Waals surface area contributed by atoms with E-state index >= 15 is 0 Å². The largest absolute Gasteiger partial charge is 0.493 e. The molecule has 0 fully saturated rings. The van der Waals surface area contributed by atoms with Gasteiger partial charge in [-0.25, -0.2) is 0 Å². The topological polar surface area (TPSA) is 28.3 Å². The van der Waals surface area contributed by atoms with Gasteiger partial charge in [0.05, 0.1) is 6.61 Å². The first-order valence-corrected chi connectivity index (χ1v) is 8.28. The van der Waals surface area contributed by atoms with Crippen LogP contribution < -0.4 is 4.74 Å². The third-order valence-corrected chi connectivity index (χ3v) is 4.72. The number of hydrogen-bond acceptors (Lipinski definition) is 2. The number of ether oxygens (including phenoxy) is 1. The molecule has 0 bridgehead atoms. The monoisotopic (exact) mass is 306 g/mol. The van der Waals surface area contributed by atoms with Gasteiger partial charge in [-0.15, -0.1) is 0 Å². The lowest BCUT2D eigenvalue weighted by atomic mass is 9.99. The fraction of sp³-hybridized carbons (Fsp3) is 0.300. The van der Waals surface area contributed by atoms with Gasteiger partial charge >= 0.3 is 0 Å². The smallest absolute Gasteiger partial charge is 0.124 e. The lowest BCUT2D eigenvalue weighted by molar-refractivity contribution is 0.283. The van der Waals surface area contributed by atoms with Gasteiger partial charge in [0.2, 0.25) is 0 Å². The van der Waals surface area contributed by atoms with E-state index in [2.05, 4.69) is 65.6 Å². The third-order valence-electron chi connectivity index (χ3n) is 4.72. The van der Waals surface area contributed by atoms with Crippen LogP contribution in [0.5, 0.6) is 5.75 Å². The molecule has 2 heterocycles. The van der Waals surface area contributed by atoms with Crippen LogP contribution >= 0.6 is 0 Å². The van der Waals surface area contributed by atoms with Gasteiger partial charge in [-0.05, 0) is 36.7 Å². The highest BCUT2D eigenvalue weighted by molar-refractivity contribution is 5.83. The van der Waals surface area contributed by atoms with Crippen LogP contribution in [0, 0.1) is 0 Å². The van der Waals surface area contributed by atoms with Crippen LogP contribution in [0.25, 0.3) is 10.9 Å². The van der Waals surface area contributed by atoms with E-state index in [0.717, 1.165) is 31.7 Å². The molecule has 0 amide bonds. The van der Waals surface area contributed by atoms with Gasteiger partial charge in [0.15, 0.2) is 0 Å². The Balaban J connectivity index is 1.48. The lowest BCUT2D eigenvalue weighted by Gasteiger charge is -2.26. The number of aromatic nitrogens is 1. The Bertz CT molecular complexity index is 821. The van der Waals surface area contributed by atoms with Crippen molar-refractivity contribution in [2.24, 2.45) is 0 Å². The van der Waals surface area contributed by atoms with Crippen LogP contribution in [0.3, 0.4) is 0 Å². The number of aromatic amines is 1.